The van der Waals surface area contributed by atoms with Gasteiger partial charge in [0.2, 0.25) is 0 Å². The molecule has 1 aromatic rings. The molecule has 0 radical (unpaired) electrons. The molecule has 0 fully saturated rings. The Kier molecular flexibility index (Phi) is 11.9. The van der Waals surface area contributed by atoms with Crippen molar-refractivity contribution >= 4 is 0 Å². The second-order valence-electron chi connectivity index (χ2n) is 8.72. The molecule has 0 saturated carbocycles. The second kappa shape index (κ2) is 13.4. The van der Waals surface area contributed by atoms with E-state index in [1.807, 2.05) is 0 Å². The van der Waals surface area contributed by atoms with E-state index in [-0.39, 0.29) is 0 Å². The van der Waals surface area contributed by atoms with Gasteiger partial charge in [0.25, 0.3) is 0 Å². The quantitative estimate of drug-likeness (QED) is 0.227. The minimum atomic E-state index is 0.629. The molecule has 0 bridgehead atoms. The highest BCUT2D eigenvalue weighted by atomic mass is 15.3. The molecule has 0 aromatic heterocycles. The van der Waals surface area contributed by atoms with Crippen LogP contribution in [0.1, 0.15) is 102 Å². The van der Waals surface area contributed by atoms with E-state index in [2.05, 4.69) is 58.4 Å². The number of rotatable bonds is 15. The summed E-state index contributed by atoms with van der Waals surface area (Å²) in [5.41, 5.74) is 1.50. The summed E-state index contributed by atoms with van der Waals surface area (Å²) in [6.07, 6.45) is 18.5. The van der Waals surface area contributed by atoms with Gasteiger partial charge >= 0.3 is 0 Å². The van der Waals surface area contributed by atoms with Crippen molar-refractivity contribution in [3.63, 3.8) is 0 Å². The standard InChI is InChI=1S/C24H44N/c1-5-6-7-8-9-10-11-12-13-14-15-19-22-24(25(2,3)4)23-20-17-16-18-21-23/h16-18,20-21,24H,5-15,19,22H2,1-4H3/q+1. The van der Waals surface area contributed by atoms with Gasteiger partial charge in [-0.3, -0.25) is 0 Å². The fourth-order valence-corrected chi connectivity index (χ4v) is 3.86. The number of hydrogen-bond donors (Lipinski definition) is 0. The maximum absolute atomic E-state index is 2.33. The molecule has 0 N–H and O–H groups in total. The summed E-state index contributed by atoms with van der Waals surface area (Å²) >= 11 is 0. The summed E-state index contributed by atoms with van der Waals surface area (Å²) in [7, 11) is 6.99. The first-order valence-electron chi connectivity index (χ1n) is 10.9. The zero-order valence-corrected chi connectivity index (χ0v) is 17.6. The number of nitrogens with zero attached hydrogens (tertiary/aromatic N) is 1. The van der Waals surface area contributed by atoms with E-state index in [1.165, 1.54) is 89.0 Å². The Hall–Kier alpha value is -0.820. The van der Waals surface area contributed by atoms with E-state index < -0.39 is 0 Å². The Balaban J connectivity index is 2.07. The van der Waals surface area contributed by atoms with Crippen molar-refractivity contribution in [2.45, 2.75) is 96.4 Å². The molecule has 25 heavy (non-hydrogen) atoms. The Morgan fingerprint density at radius 1 is 0.640 bits per heavy atom. The Morgan fingerprint density at radius 3 is 1.52 bits per heavy atom. The first-order valence-corrected chi connectivity index (χ1v) is 10.9. The molecule has 0 aliphatic carbocycles. The fraction of sp³-hybridized carbons (Fsp3) is 0.750. The van der Waals surface area contributed by atoms with Crippen molar-refractivity contribution in [1.29, 1.82) is 0 Å². The van der Waals surface area contributed by atoms with Gasteiger partial charge in [0.1, 0.15) is 6.04 Å². The average molecular weight is 347 g/mol. The molecule has 1 rings (SSSR count). The molecular formula is C24H44N+. The van der Waals surface area contributed by atoms with Crippen molar-refractivity contribution < 1.29 is 4.48 Å². The summed E-state index contributed by atoms with van der Waals surface area (Å²) in [5.74, 6) is 0. The molecule has 0 saturated heterocycles. The van der Waals surface area contributed by atoms with Crippen LogP contribution in [0.3, 0.4) is 0 Å². The largest absolute Gasteiger partial charge is 0.325 e. The minimum absolute atomic E-state index is 0.629. The zero-order valence-electron chi connectivity index (χ0n) is 17.6. The monoisotopic (exact) mass is 346 g/mol. The Bertz CT molecular complexity index is 404. The first-order chi connectivity index (χ1) is 12.1. The van der Waals surface area contributed by atoms with Crippen molar-refractivity contribution in [2.24, 2.45) is 0 Å². The van der Waals surface area contributed by atoms with Crippen LogP contribution in [0.15, 0.2) is 30.3 Å². The molecule has 0 aliphatic rings. The predicted octanol–water partition coefficient (Wildman–Crippen LogP) is 7.53. The van der Waals surface area contributed by atoms with Crippen molar-refractivity contribution in [1.82, 2.24) is 0 Å². The van der Waals surface area contributed by atoms with Gasteiger partial charge in [0, 0.05) is 12.0 Å². The van der Waals surface area contributed by atoms with Crippen LogP contribution in [-0.2, 0) is 0 Å². The van der Waals surface area contributed by atoms with Gasteiger partial charge in [-0.15, -0.1) is 0 Å². The molecule has 0 amide bonds. The highest BCUT2D eigenvalue weighted by molar-refractivity contribution is 5.17. The van der Waals surface area contributed by atoms with Crippen LogP contribution in [0.25, 0.3) is 0 Å². The lowest BCUT2D eigenvalue weighted by Crippen LogP contribution is -2.38. The van der Waals surface area contributed by atoms with E-state index in [0.717, 1.165) is 4.48 Å². The summed E-state index contributed by atoms with van der Waals surface area (Å²) in [6, 6.07) is 11.7. The van der Waals surface area contributed by atoms with Gasteiger partial charge in [-0.25, -0.2) is 0 Å². The van der Waals surface area contributed by atoms with Crippen LogP contribution in [0.5, 0.6) is 0 Å². The molecule has 1 atom stereocenters. The van der Waals surface area contributed by atoms with Gasteiger partial charge in [-0.2, -0.15) is 0 Å². The SMILES string of the molecule is CCCCCCCCCCCCCCC(c1ccccc1)[N+](C)(C)C. The minimum Gasteiger partial charge on any atom is -0.325 e. The lowest BCUT2D eigenvalue weighted by molar-refractivity contribution is -0.902. The van der Waals surface area contributed by atoms with Crippen LogP contribution in [0.2, 0.25) is 0 Å². The number of quaternary nitrogens is 1. The third kappa shape index (κ3) is 10.7. The summed E-state index contributed by atoms with van der Waals surface area (Å²) in [5, 5.41) is 0. The molecule has 0 aliphatic heterocycles. The van der Waals surface area contributed by atoms with E-state index in [4.69, 9.17) is 0 Å². The van der Waals surface area contributed by atoms with Crippen LogP contribution in [-0.4, -0.2) is 25.6 Å². The van der Waals surface area contributed by atoms with Gasteiger partial charge in [0.05, 0.1) is 21.1 Å². The third-order valence-corrected chi connectivity index (χ3v) is 5.45. The Labute approximate surface area is 158 Å². The number of benzene rings is 1. The van der Waals surface area contributed by atoms with Gasteiger partial charge in [0.15, 0.2) is 0 Å². The number of unbranched alkanes of at least 4 members (excludes halogenated alkanes) is 11. The zero-order chi connectivity index (χ0) is 18.4. The average Bonchev–Trinajstić information content (AvgIpc) is 2.58. The van der Waals surface area contributed by atoms with Crippen molar-refractivity contribution in [3.8, 4) is 0 Å². The number of hydrogen-bond acceptors (Lipinski definition) is 0. The fourth-order valence-electron chi connectivity index (χ4n) is 3.86. The highest BCUT2D eigenvalue weighted by Crippen LogP contribution is 2.29. The summed E-state index contributed by atoms with van der Waals surface area (Å²) < 4.78 is 1.03. The van der Waals surface area contributed by atoms with E-state index >= 15 is 0 Å². The molecule has 0 heterocycles. The smallest absolute Gasteiger partial charge is 0.114 e. The van der Waals surface area contributed by atoms with E-state index in [0.29, 0.717) is 6.04 Å². The van der Waals surface area contributed by atoms with Gasteiger partial charge in [-0.1, -0.05) is 108 Å². The molecule has 1 aromatic carbocycles. The van der Waals surface area contributed by atoms with Crippen LogP contribution in [0, 0.1) is 0 Å². The Morgan fingerprint density at radius 2 is 1.08 bits per heavy atom. The molecule has 1 unspecified atom stereocenters. The second-order valence-corrected chi connectivity index (χ2v) is 8.72. The lowest BCUT2D eigenvalue weighted by atomic mass is 9.97. The highest BCUT2D eigenvalue weighted by Gasteiger charge is 2.24. The first kappa shape index (κ1) is 22.2. The maximum atomic E-state index is 2.33. The summed E-state index contributed by atoms with van der Waals surface area (Å²) in [6.45, 7) is 2.29. The third-order valence-electron chi connectivity index (χ3n) is 5.45. The molecule has 1 heteroatoms. The molecular weight excluding hydrogens is 302 g/mol. The van der Waals surface area contributed by atoms with Crippen LogP contribution in [0.4, 0.5) is 0 Å². The normalized spacial score (nSPS) is 13.1. The topological polar surface area (TPSA) is 0 Å². The predicted molar refractivity (Wildman–Crippen MR) is 113 cm³/mol. The van der Waals surface area contributed by atoms with Crippen molar-refractivity contribution in [3.05, 3.63) is 35.9 Å². The van der Waals surface area contributed by atoms with Crippen molar-refractivity contribution in [2.75, 3.05) is 21.1 Å². The maximum Gasteiger partial charge on any atom is 0.114 e. The van der Waals surface area contributed by atoms with Gasteiger partial charge < -0.3 is 4.48 Å². The molecule has 144 valence electrons. The van der Waals surface area contributed by atoms with E-state index in [9.17, 15) is 0 Å². The van der Waals surface area contributed by atoms with Gasteiger partial charge in [-0.05, 0) is 6.42 Å². The van der Waals surface area contributed by atoms with Crippen LogP contribution >= 0.6 is 0 Å². The summed E-state index contributed by atoms with van der Waals surface area (Å²) in [4.78, 5) is 0. The molecule has 0 spiro atoms. The lowest BCUT2D eigenvalue weighted by Gasteiger charge is -2.34. The molecule has 1 nitrogen and oxygen atoms in total. The van der Waals surface area contributed by atoms with E-state index in [1.54, 1.807) is 0 Å². The van der Waals surface area contributed by atoms with Crippen LogP contribution < -0.4 is 0 Å².